The largest absolute Gasteiger partial charge is 0.482 e. The minimum atomic E-state index is -0.453. The molecule has 0 saturated carbocycles. The summed E-state index contributed by atoms with van der Waals surface area (Å²) >= 11 is 0. The highest BCUT2D eigenvalue weighted by molar-refractivity contribution is 5.85. The molecule has 0 fully saturated rings. The van der Waals surface area contributed by atoms with Gasteiger partial charge in [0, 0.05) is 20.2 Å². The Labute approximate surface area is 141 Å². The average Bonchev–Trinajstić information content (AvgIpc) is 2.56. The average molecular weight is 347 g/mol. The van der Waals surface area contributed by atoms with Crippen LogP contribution in [0.5, 0.6) is 5.75 Å². The van der Waals surface area contributed by atoms with Crippen molar-refractivity contribution in [3.8, 4) is 5.75 Å². The van der Waals surface area contributed by atoms with E-state index in [1.807, 2.05) is 6.07 Å². The molecule has 8 heteroatoms. The van der Waals surface area contributed by atoms with Crippen LogP contribution in [-0.2, 0) is 25.6 Å². The van der Waals surface area contributed by atoms with Crippen LogP contribution in [0.1, 0.15) is 12.0 Å². The number of esters is 1. The van der Waals surface area contributed by atoms with Crippen LogP contribution in [0.15, 0.2) is 24.3 Å². The van der Waals surface area contributed by atoms with Crippen molar-refractivity contribution in [3.63, 3.8) is 0 Å². The third kappa shape index (κ3) is 8.39. The predicted molar refractivity (Wildman–Crippen MR) is 87.5 cm³/mol. The van der Waals surface area contributed by atoms with Crippen molar-refractivity contribution >= 4 is 24.3 Å². The van der Waals surface area contributed by atoms with Gasteiger partial charge in [0.2, 0.25) is 5.91 Å². The van der Waals surface area contributed by atoms with Gasteiger partial charge in [0.1, 0.15) is 5.75 Å². The first-order valence-corrected chi connectivity index (χ1v) is 6.87. The summed E-state index contributed by atoms with van der Waals surface area (Å²) in [6.07, 6.45) is -0.0688. The fraction of sp³-hybridized carbons (Fsp3) is 0.467. The number of nitrogens with one attached hydrogen (secondary N) is 1. The van der Waals surface area contributed by atoms with Crippen molar-refractivity contribution in [2.75, 3.05) is 27.4 Å². The molecule has 0 heterocycles. The molecule has 1 rings (SSSR count). The third-order valence-corrected chi connectivity index (χ3v) is 2.98. The lowest BCUT2D eigenvalue weighted by molar-refractivity contribution is -0.142. The maximum absolute atomic E-state index is 11.7. The van der Waals surface area contributed by atoms with Gasteiger partial charge in [-0.1, -0.05) is 12.1 Å². The molecule has 130 valence electrons. The van der Waals surface area contributed by atoms with Gasteiger partial charge in [-0.15, -0.1) is 12.4 Å². The lowest BCUT2D eigenvalue weighted by Crippen LogP contribution is -2.31. The SMILES string of the molecule is COC(=O)COc1cccc(CNC(=O)CC(CN)OC)c1.Cl. The number of benzene rings is 1. The Kier molecular flexibility index (Phi) is 10.8. The number of carbonyl (C=O) groups excluding carboxylic acids is 2. The Bertz CT molecular complexity index is 495. The molecule has 23 heavy (non-hydrogen) atoms. The molecule has 0 aliphatic rings. The lowest BCUT2D eigenvalue weighted by atomic mass is 10.2. The Morgan fingerprint density at radius 2 is 2.04 bits per heavy atom. The number of carbonyl (C=O) groups is 2. The first-order valence-electron chi connectivity index (χ1n) is 6.87. The first-order chi connectivity index (χ1) is 10.6. The summed E-state index contributed by atoms with van der Waals surface area (Å²) in [6.45, 7) is 0.494. The highest BCUT2D eigenvalue weighted by Gasteiger charge is 2.11. The summed E-state index contributed by atoms with van der Waals surface area (Å²) < 4.78 is 14.8. The van der Waals surface area contributed by atoms with Crippen LogP contribution >= 0.6 is 12.4 Å². The number of halogens is 1. The molecule has 0 radical (unpaired) electrons. The van der Waals surface area contributed by atoms with Crippen LogP contribution in [0.25, 0.3) is 0 Å². The number of ether oxygens (including phenoxy) is 3. The van der Waals surface area contributed by atoms with Crippen LogP contribution < -0.4 is 15.8 Å². The number of amides is 1. The highest BCUT2D eigenvalue weighted by Crippen LogP contribution is 2.13. The quantitative estimate of drug-likeness (QED) is 0.636. The second-order valence-corrected chi connectivity index (χ2v) is 4.59. The molecular weight excluding hydrogens is 324 g/mol. The fourth-order valence-electron chi connectivity index (χ4n) is 1.69. The number of methoxy groups -OCH3 is 2. The summed E-state index contributed by atoms with van der Waals surface area (Å²) in [5.41, 5.74) is 6.33. The number of rotatable bonds is 9. The van der Waals surface area contributed by atoms with E-state index in [2.05, 4.69) is 10.1 Å². The van der Waals surface area contributed by atoms with Crippen LogP contribution in [0.2, 0.25) is 0 Å². The second kappa shape index (κ2) is 11.7. The van der Waals surface area contributed by atoms with Crippen LogP contribution in [-0.4, -0.2) is 45.4 Å². The molecule has 7 nitrogen and oxygen atoms in total. The molecule has 0 aliphatic carbocycles. The molecule has 1 atom stereocenters. The minimum absolute atomic E-state index is 0. The van der Waals surface area contributed by atoms with Gasteiger partial charge in [-0.3, -0.25) is 4.79 Å². The molecule has 1 unspecified atom stereocenters. The first kappa shape index (κ1) is 21.2. The zero-order chi connectivity index (χ0) is 16.4. The van der Waals surface area contributed by atoms with E-state index in [0.717, 1.165) is 5.56 Å². The maximum Gasteiger partial charge on any atom is 0.343 e. The van der Waals surface area contributed by atoms with Crippen molar-refractivity contribution in [2.24, 2.45) is 5.73 Å². The Hall–Kier alpha value is -1.83. The van der Waals surface area contributed by atoms with E-state index in [4.69, 9.17) is 15.2 Å². The number of hydrogen-bond acceptors (Lipinski definition) is 6. The third-order valence-electron chi connectivity index (χ3n) is 2.98. The highest BCUT2D eigenvalue weighted by atomic mass is 35.5. The molecule has 0 bridgehead atoms. The van der Waals surface area contributed by atoms with Crippen molar-refractivity contribution in [1.82, 2.24) is 5.32 Å². The maximum atomic E-state index is 11.7. The van der Waals surface area contributed by atoms with Gasteiger partial charge in [0.15, 0.2) is 6.61 Å². The van der Waals surface area contributed by atoms with E-state index in [9.17, 15) is 9.59 Å². The Morgan fingerprint density at radius 3 is 2.65 bits per heavy atom. The van der Waals surface area contributed by atoms with Crippen LogP contribution in [0.3, 0.4) is 0 Å². The molecule has 0 aliphatic heterocycles. The van der Waals surface area contributed by atoms with Crippen molar-refractivity contribution in [3.05, 3.63) is 29.8 Å². The smallest absolute Gasteiger partial charge is 0.343 e. The summed E-state index contributed by atoms with van der Waals surface area (Å²) in [5.74, 6) is -0.0573. The molecule has 0 spiro atoms. The fourth-order valence-corrected chi connectivity index (χ4v) is 1.69. The molecular formula is C15H23ClN2O5. The zero-order valence-electron chi connectivity index (χ0n) is 13.2. The molecule has 1 aromatic rings. The Balaban J connectivity index is 0.00000484. The van der Waals surface area contributed by atoms with Crippen molar-refractivity contribution in [1.29, 1.82) is 0 Å². The van der Waals surface area contributed by atoms with Gasteiger partial charge in [-0.2, -0.15) is 0 Å². The van der Waals surface area contributed by atoms with Gasteiger partial charge >= 0.3 is 5.97 Å². The second-order valence-electron chi connectivity index (χ2n) is 4.59. The predicted octanol–water partition coefficient (Wildman–Crippen LogP) is 0.640. The van der Waals surface area contributed by atoms with Crippen LogP contribution in [0.4, 0.5) is 0 Å². The van der Waals surface area contributed by atoms with E-state index >= 15 is 0 Å². The van der Waals surface area contributed by atoms with E-state index in [-0.39, 0.29) is 37.4 Å². The summed E-state index contributed by atoms with van der Waals surface area (Å²) in [4.78, 5) is 22.8. The molecule has 1 amide bonds. The topological polar surface area (TPSA) is 99.9 Å². The minimum Gasteiger partial charge on any atom is -0.482 e. The summed E-state index contributed by atoms with van der Waals surface area (Å²) in [7, 11) is 2.82. The number of nitrogens with two attached hydrogens (primary N) is 1. The molecule has 3 N–H and O–H groups in total. The van der Waals surface area contributed by atoms with E-state index < -0.39 is 5.97 Å². The standard InChI is InChI=1S/C15H22N2O5.ClH/c1-20-13(8-16)7-14(18)17-9-11-4-3-5-12(6-11)22-10-15(19)21-2;/h3-6,13H,7-10,16H2,1-2H3,(H,17,18);1H. The van der Waals surface area contributed by atoms with Gasteiger partial charge < -0.3 is 25.3 Å². The van der Waals surface area contributed by atoms with Gasteiger partial charge in [-0.05, 0) is 17.7 Å². The monoisotopic (exact) mass is 346 g/mol. The Morgan fingerprint density at radius 1 is 1.30 bits per heavy atom. The van der Waals surface area contributed by atoms with Gasteiger partial charge in [0.25, 0.3) is 0 Å². The van der Waals surface area contributed by atoms with Crippen LogP contribution in [0, 0.1) is 0 Å². The van der Waals surface area contributed by atoms with E-state index in [1.165, 1.54) is 14.2 Å². The molecule has 1 aromatic carbocycles. The molecule has 0 saturated heterocycles. The lowest BCUT2D eigenvalue weighted by Gasteiger charge is -2.13. The van der Waals surface area contributed by atoms with Gasteiger partial charge in [-0.25, -0.2) is 4.79 Å². The van der Waals surface area contributed by atoms with Crippen molar-refractivity contribution in [2.45, 2.75) is 19.1 Å². The van der Waals surface area contributed by atoms with Gasteiger partial charge in [0.05, 0.1) is 19.6 Å². The van der Waals surface area contributed by atoms with E-state index in [0.29, 0.717) is 18.8 Å². The van der Waals surface area contributed by atoms with Crippen molar-refractivity contribution < 1.29 is 23.8 Å². The van der Waals surface area contributed by atoms with E-state index in [1.54, 1.807) is 18.2 Å². The number of hydrogen-bond donors (Lipinski definition) is 2. The normalized spacial score (nSPS) is 11.1. The summed E-state index contributed by atoms with van der Waals surface area (Å²) in [6, 6.07) is 7.11. The molecule has 0 aromatic heterocycles. The summed E-state index contributed by atoms with van der Waals surface area (Å²) in [5, 5.41) is 2.78. The zero-order valence-corrected chi connectivity index (χ0v) is 14.1.